The van der Waals surface area contributed by atoms with Crippen LogP contribution in [0.15, 0.2) is 66.9 Å². The van der Waals surface area contributed by atoms with Gasteiger partial charge in [-0.25, -0.2) is 9.37 Å². The van der Waals surface area contributed by atoms with Crippen LogP contribution in [0.5, 0.6) is 5.75 Å². The number of carbonyl (C=O) groups excluding carboxylic acids is 1. The number of methoxy groups -OCH3 is 1. The molecule has 0 radical (unpaired) electrons. The maximum Gasteiger partial charge on any atom is 0.251 e. The molecule has 3 aromatic rings. The molecule has 144 valence electrons. The molecule has 2 N–H and O–H groups in total. The number of pyridine rings is 1. The first-order chi connectivity index (χ1) is 13.6. The van der Waals surface area contributed by atoms with Crippen LogP contribution in [-0.2, 0) is 13.0 Å². The molecule has 0 spiro atoms. The van der Waals surface area contributed by atoms with Crippen LogP contribution in [0.2, 0.25) is 0 Å². The average molecular weight is 379 g/mol. The summed E-state index contributed by atoms with van der Waals surface area (Å²) in [5.74, 6) is 0.962. The highest BCUT2D eigenvalue weighted by Crippen LogP contribution is 2.13. The Morgan fingerprint density at radius 2 is 1.89 bits per heavy atom. The fraction of sp³-hybridized carbons (Fsp3) is 0.182. The second kappa shape index (κ2) is 9.50. The number of amides is 1. The Balaban J connectivity index is 1.52. The van der Waals surface area contributed by atoms with Crippen LogP contribution in [-0.4, -0.2) is 24.5 Å². The summed E-state index contributed by atoms with van der Waals surface area (Å²) in [6.45, 7) is 1.01. The number of anilines is 1. The van der Waals surface area contributed by atoms with Gasteiger partial charge in [0.15, 0.2) is 0 Å². The van der Waals surface area contributed by atoms with Crippen molar-refractivity contribution in [2.75, 3.05) is 19.0 Å². The quantitative estimate of drug-likeness (QED) is 0.625. The van der Waals surface area contributed by atoms with Gasteiger partial charge in [-0.05, 0) is 53.9 Å². The van der Waals surface area contributed by atoms with Gasteiger partial charge in [-0.15, -0.1) is 0 Å². The maximum atomic E-state index is 13.0. The van der Waals surface area contributed by atoms with E-state index in [1.54, 1.807) is 37.6 Å². The maximum absolute atomic E-state index is 13.0. The molecule has 0 aliphatic carbocycles. The molecule has 0 bridgehead atoms. The third-order valence-electron chi connectivity index (χ3n) is 4.24. The van der Waals surface area contributed by atoms with Crippen LogP contribution in [0.4, 0.5) is 10.2 Å². The number of aromatic nitrogens is 1. The van der Waals surface area contributed by atoms with Crippen LogP contribution < -0.4 is 15.4 Å². The van der Waals surface area contributed by atoms with Gasteiger partial charge in [-0.2, -0.15) is 0 Å². The predicted molar refractivity (Wildman–Crippen MR) is 107 cm³/mol. The summed E-state index contributed by atoms with van der Waals surface area (Å²) >= 11 is 0. The van der Waals surface area contributed by atoms with Crippen molar-refractivity contribution in [2.45, 2.75) is 13.0 Å². The summed E-state index contributed by atoms with van der Waals surface area (Å²) in [7, 11) is 1.63. The second-order valence-electron chi connectivity index (χ2n) is 6.27. The Morgan fingerprint density at radius 1 is 1.07 bits per heavy atom. The number of rotatable bonds is 8. The molecule has 0 unspecified atom stereocenters. The van der Waals surface area contributed by atoms with E-state index in [4.69, 9.17) is 4.74 Å². The fourth-order valence-corrected chi connectivity index (χ4v) is 2.71. The minimum absolute atomic E-state index is 0.157. The van der Waals surface area contributed by atoms with E-state index in [0.29, 0.717) is 30.9 Å². The van der Waals surface area contributed by atoms with E-state index in [-0.39, 0.29) is 11.7 Å². The highest BCUT2D eigenvalue weighted by Gasteiger charge is 2.07. The topological polar surface area (TPSA) is 63.2 Å². The normalized spacial score (nSPS) is 10.4. The summed E-state index contributed by atoms with van der Waals surface area (Å²) < 4.78 is 18.2. The molecule has 28 heavy (non-hydrogen) atoms. The van der Waals surface area contributed by atoms with Gasteiger partial charge >= 0.3 is 0 Å². The largest absolute Gasteiger partial charge is 0.497 e. The van der Waals surface area contributed by atoms with E-state index in [1.807, 2.05) is 24.3 Å². The first kappa shape index (κ1) is 19.4. The summed E-state index contributed by atoms with van der Waals surface area (Å²) in [4.78, 5) is 16.6. The number of halogens is 1. The van der Waals surface area contributed by atoms with E-state index in [9.17, 15) is 9.18 Å². The Morgan fingerprint density at radius 3 is 2.68 bits per heavy atom. The minimum Gasteiger partial charge on any atom is -0.497 e. The van der Waals surface area contributed by atoms with Crippen molar-refractivity contribution in [3.8, 4) is 5.75 Å². The number of hydrogen-bond donors (Lipinski definition) is 2. The molecule has 0 fully saturated rings. The molecule has 0 saturated heterocycles. The van der Waals surface area contributed by atoms with Gasteiger partial charge in [0.05, 0.1) is 7.11 Å². The zero-order valence-electron chi connectivity index (χ0n) is 15.6. The summed E-state index contributed by atoms with van der Waals surface area (Å²) in [5.41, 5.74) is 2.55. The number of nitrogens with zero attached hydrogens (tertiary/aromatic N) is 1. The Bertz CT molecular complexity index is 929. The smallest absolute Gasteiger partial charge is 0.251 e. The predicted octanol–water partition coefficient (Wildman–Crippen LogP) is 3.81. The molecule has 5 nitrogen and oxygen atoms in total. The van der Waals surface area contributed by atoms with Crippen molar-refractivity contribution >= 4 is 11.7 Å². The molecule has 1 aromatic heterocycles. The van der Waals surface area contributed by atoms with Crippen LogP contribution in [0.3, 0.4) is 0 Å². The van der Waals surface area contributed by atoms with Crippen molar-refractivity contribution in [1.29, 1.82) is 0 Å². The van der Waals surface area contributed by atoms with Gasteiger partial charge < -0.3 is 15.4 Å². The van der Waals surface area contributed by atoms with E-state index < -0.39 is 0 Å². The second-order valence-corrected chi connectivity index (χ2v) is 6.27. The lowest BCUT2D eigenvalue weighted by atomic mass is 10.1. The molecule has 0 aliphatic heterocycles. The number of benzene rings is 2. The molecule has 0 atom stereocenters. The van der Waals surface area contributed by atoms with Crippen LogP contribution in [0.1, 0.15) is 21.5 Å². The third kappa shape index (κ3) is 5.54. The molecule has 1 amide bonds. The standard InChI is InChI=1S/C22H22FN3O2/c1-28-20-4-2-3-16(13-20)9-11-25-22(27)18-10-12-24-21(14-18)26-15-17-5-7-19(23)8-6-17/h2-8,10,12-14H,9,11,15H2,1H3,(H,24,26)(H,25,27). The molecular weight excluding hydrogens is 357 g/mol. The van der Waals surface area contributed by atoms with Crippen molar-refractivity contribution in [3.63, 3.8) is 0 Å². The first-order valence-electron chi connectivity index (χ1n) is 8.99. The van der Waals surface area contributed by atoms with Gasteiger partial charge in [-0.3, -0.25) is 4.79 Å². The lowest BCUT2D eigenvalue weighted by molar-refractivity contribution is 0.0954. The molecule has 2 aromatic carbocycles. The average Bonchev–Trinajstić information content (AvgIpc) is 2.73. The SMILES string of the molecule is COc1cccc(CCNC(=O)c2ccnc(NCc3ccc(F)cc3)c2)c1. The highest BCUT2D eigenvalue weighted by atomic mass is 19.1. The number of nitrogens with one attached hydrogen (secondary N) is 2. The number of hydrogen-bond acceptors (Lipinski definition) is 4. The van der Waals surface area contributed by atoms with Gasteiger partial charge in [-0.1, -0.05) is 24.3 Å². The van der Waals surface area contributed by atoms with Gasteiger partial charge in [0.1, 0.15) is 17.4 Å². The van der Waals surface area contributed by atoms with E-state index in [2.05, 4.69) is 15.6 Å². The summed E-state index contributed by atoms with van der Waals surface area (Å²) in [6.07, 6.45) is 2.30. The van der Waals surface area contributed by atoms with Crippen LogP contribution in [0, 0.1) is 5.82 Å². The van der Waals surface area contributed by atoms with Crippen molar-refractivity contribution in [1.82, 2.24) is 10.3 Å². The lowest BCUT2D eigenvalue weighted by Gasteiger charge is -2.09. The van der Waals surface area contributed by atoms with E-state index in [1.165, 1.54) is 12.1 Å². The van der Waals surface area contributed by atoms with Crippen molar-refractivity contribution in [2.24, 2.45) is 0 Å². The van der Waals surface area contributed by atoms with Crippen molar-refractivity contribution in [3.05, 3.63) is 89.4 Å². The zero-order valence-corrected chi connectivity index (χ0v) is 15.6. The van der Waals surface area contributed by atoms with Crippen LogP contribution >= 0.6 is 0 Å². The highest BCUT2D eigenvalue weighted by molar-refractivity contribution is 5.94. The molecule has 3 rings (SSSR count). The van der Waals surface area contributed by atoms with Crippen LogP contribution in [0.25, 0.3) is 0 Å². The lowest BCUT2D eigenvalue weighted by Crippen LogP contribution is -2.25. The monoisotopic (exact) mass is 379 g/mol. The Labute approximate surface area is 163 Å². The number of carbonyl (C=O) groups is 1. The fourth-order valence-electron chi connectivity index (χ4n) is 2.71. The first-order valence-corrected chi connectivity index (χ1v) is 8.99. The van der Waals surface area contributed by atoms with Gasteiger partial charge in [0.2, 0.25) is 0 Å². The molecule has 1 heterocycles. The number of ether oxygens (including phenoxy) is 1. The Hall–Kier alpha value is -3.41. The molecule has 0 aliphatic rings. The molecule has 6 heteroatoms. The molecular formula is C22H22FN3O2. The van der Waals surface area contributed by atoms with Crippen molar-refractivity contribution < 1.29 is 13.9 Å². The Kier molecular flexibility index (Phi) is 6.57. The van der Waals surface area contributed by atoms with E-state index >= 15 is 0 Å². The summed E-state index contributed by atoms with van der Waals surface area (Å²) in [6, 6.07) is 17.4. The zero-order chi connectivity index (χ0) is 19.8. The summed E-state index contributed by atoms with van der Waals surface area (Å²) in [5, 5.41) is 6.06. The minimum atomic E-state index is -0.269. The third-order valence-corrected chi connectivity index (χ3v) is 4.24. The van der Waals surface area contributed by atoms with E-state index in [0.717, 1.165) is 16.9 Å². The molecule has 0 saturated carbocycles. The van der Waals surface area contributed by atoms with Gasteiger partial charge in [0, 0.05) is 24.8 Å². The van der Waals surface area contributed by atoms with Gasteiger partial charge in [0.25, 0.3) is 5.91 Å².